The van der Waals surface area contributed by atoms with Gasteiger partial charge in [0.25, 0.3) is 0 Å². The Labute approximate surface area is 56.0 Å². The van der Waals surface area contributed by atoms with Gasteiger partial charge < -0.3 is 0 Å². The maximum atomic E-state index is 2.47. The lowest BCUT2D eigenvalue weighted by atomic mass is 10.2. The Morgan fingerprint density at radius 3 is 1.89 bits per heavy atom. The molecule has 0 heteroatoms. The molecule has 0 heterocycles. The minimum Gasteiger partial charge on any atom is -0.0848 e. The molecule has 0 aliphatic heterocycles. The van der Waals surface area contributed by atoms with Crippen molar-refractivity contribution in [2.75, 3.05) is 0 Å². The zero-order valence-electron chi connectivity index (χ0n) is 5.59. The molecule has 0 aromatic rings. The Morgan fingerprint density at radius 2 is 1.33 bits per heavy atom. The van der Waals surface area contributed by atoms with Crippen LogP contribution in [0.15, 0.2) is 12.2 Å². The van der Waals surface area contributed by atoms with Crippen LogP contribution in [0.5, 0.6) is 0 Å². The van der Waals surface area contributed by atoms with Crippen LogP contribution in [0.25, 0.3) is 0 Å². The molecule has 3 rings (SSSR count). The normalized spacial score (nSPS) is 59.6. The molecule has 2 saturated carbocycles. The minimum absolute atomic E-state index is 1.03. The molecule has 4 unspecified atom stereocenters. The molecule has 0 saturated heterocycles. The van der Waals surface area contributed by atoms with Crippen LogP contribution in [0.3, 0.4) is 0 Å². The third-order valence-corrected chi connectivity index (χ3v) is 3.17. The van der Waals surface area contributed by atoms with E-state index in [1.165, 1.54) is 12.8 Å². The number of rotatable bonds is 0. The van der Waals surface area contributed by atoms with Gasteiger partial charge in [-0.1, -0.05) is 12.2 Å². The van der Waals surface area contributed by atoms with Gasteiger partial charge in [-0.25, -0.2) is 0 Å². The van der Waals surface area contributed by atoms with Crippen molar-refractivity contribution in [3.05, 3.63) is 12.2 Å². The molecular weight excluding hydrogens is 108 g/mol. The maximum absolute atomic E-state index is 2.47. The summed E-state index contributed by atoms with van der Waals surface area (Å²) in [4.78, 5) is 0. The second-order valence-corrected chi connectivity index (χ2v) is 3.94. The van der Waals surface area contributed by atoms with Gasteiger partial charge in [0.1, 0.15) is 0 Å². The molecule has 3 aliphatic carbocycles. The Balaban J connectivity index is 1.89. The Morgan fingerprint density at radius 1 is 0.778 bits per heavy atom. The first-order chi connectivity index (χ1) is 4.43. The zero-order valence-corrected chi connectivity index (χ0v) is 5.59. The van der Waals surface area contributed by atoms with E-state index in [-0.39, 0.29) is 0 Å². The van der Waals surface area contributed by atoms with Crippen LogP contribution < -0.4 is 0 Å². The van der Waals surface area contributed by atoms with Gasteiger partial charge in [0.05, 0.1) is 0 Å². The molecule has 2 fully saturated rings. The topological polar surface area (TPSA) is 0 Å². The van der Waals surface area contributed by atoms with E-state index in [0.717, 1.165) is 23.7 Å². The summed E-state index contributed by atoms with van der Waals surface area (Å²) in [5.41, 5.74) is 0. The largest absolute Gasteiger partial charge is 0.0848 e. The first kappa shape index (κ1) is 4.54. The minimum atomic E-state index is 1.03. The number of allylic oxidation sites excluding steroid dienone is 2. The summed E-state index contributed by atoms with van der Waals surface area (Å²) in [6.45, 7) is 0. The fraction of sp³-hybridized carbons (Fsp3) is 0.778. The molecule has 4 atom stereocenters. The van der Waals surface area contributed by atoms with Gasteiger partial charge in [-0.05, 0) is 42.9 Å². The van der Waals surface area contributed by atoms with E-state index in [9.17, 15) is 0 Å². The van der Waals surface area contributed by atoms with Crippen molar-refractivity contribution in [3.63, 3.8) is 0 Å². The standard InChI is InChI=1S/C9H12/c1-2-7-4-9(7)5-8-3-6(1)8/h1-2,6-9H,3-5H2. The highest BCUT2D eigenvalue weighted by atomic mass is 14.5. The van der Waals surface area contributed by atoms with Crippen LogP contribution in [-0.2, 0) is 0 Å². The first-order valence-electron chi connectivity index (χ1n) is 4.12. The van der Waals surface area contributed by atoms with Crippen LogP contribution in [0.4, 0.5) is 0 Å². The number of hydrogen-bond acceptors (Lipinski definition) is 0. The Bertz CT molecular complexity index is 151. The van der Waals surface area contributed by atoms with E-state index in [1.54, 1.807) is 6.42 Å². The zero-order chi connectivity index (χ0) is 5.84. The molecular formula is C9H12. The predicted molar refractivity (Wildman–Crippen MR) is 37.0 cm³/mol. The molecule has 48 valence electrons. The summed E-state index contributed by atoms with van der Waals surface area (Å²) in [6, 6.07) is 0. The maximum Gasteiger partial charge on any atom is -0.0202 e. The molecule has 0 aromatic carbocycles. The van der Waals surface area contributed by atoms with Gasteiger partial charge in [0.15, 0.2) is 0 Å². The highest BCUT2D eigenvalue weighted by Gasteiger charge is 2.46. The lowest BCUT2D eigenvalue weighted by molar-refractivity contribution is 0.621. The van der Waals surface area contributed by atoms with Crippen molar-refractivity contribution in [2.45, 2.75) is 19.3 Å². The van der Waals surface area contributed by atoms with E-state index in [1.807, 2.05) is 0 Å². The Hall–Kier alpha value is -0.260. The molecule has 9 heavy (non-hydrogen) atoms. The molecule has 0 spiro atoms. The van der Waals surface area contributed by atoms with Gasteiger partial charge in [-0.3, -0.25) is 0 Å². The number of hydrogen-bond donors (Lipinski definition) is 0. The summed E-state index contributed by atoms with van der Waals surface area (Å²) in [5, 5.41) is 0. The molecule has 0 amide bonds. The van der Waals surface area contributed by atoms with Crippen LogP contribution in [0.2, 0.25) is 0 Å². The first-order valence-corrected chi connectivity index (χ1v) is 4.12. The van der Waals surface area contributed by atoms with E-state index in [2.05, 4.69) is 12.2 Å². The van der Waals surface area contributed by atoms with Crippen molar-refractivity contribution in [1.82, 2.24) is 0 Å². The predicted octanol–water partition coefficient (Wildman–Crippen LogP) is 2.22. The lowest BCUT2D eigenvalue weighted by Gasteiger charge is -1.89. The summed E-state index contributed by atoms with van der Waals surface area (Å²) in [6.07, 6.45) is 9.53. The second-order valence-electron chi connectivity index (χ2n) is 3.94. The molecule has 0 bridgehead atoms. The van der Waals surface area contributed by atoms with Crippen LogP contribution >= 0.6 is 0 Å². The summed E-state index contributed by atoms with van der Waals surface area (Å²) >= 11 is 0. The van der Waals surface area contributed by atoms with E-state index in [4.69, 9.17) is 0 Å². The summed E-state index contributed by atoms with van der Waals surface area (Å²) < 4.78 is 0. The second kappa shape index (κ2) is 1.25. The van der Waals surface area contributed by atoms with Crippen molar-refractivity contribution in [3.8, 4) is 0 Å². The molecule has 3 aliphatic rings. The van der Waals surface area contributed by atoms with Crippen LogP contribution in [0, 0.1) is 23.7 Å². The molecule has 0 N–H and O–H groups in total. The monoisotopic (exact) mass is 120 g/mol. The average Bonchev–Trinajstić information content (AvgIpc) is 2.54. The third kappa shape index (κ3) is 0.593. The van der Waals surface area contributed by atoms with E-state index in [0.29, 0.717) is 0 Å². The van der Waals surface area contributed by atoms with Crippen LogP contribution in [0.1, 0.15) is 19.3 Å². The van der Waals surface area contributed by atoms with Gasteiger partial charge in [-0.2, -0.15) is 0 Å². The summed E-state index contributed by atoms with van der Waals surface area (Å²) in [5.74, 6) is 4.30. The van der Waals surface area contributed by atoms with Crippen molar-refractivity contribution in [2.24, 2.45) is 23.7 Å². The molecule has 0 aromatic heterocycles. The highest BCUT2D eigenvalue weighted by Crippen LogP contribution is 2.55. The van der Waals surface area contributed by atoms with Crippen molar-refractivity contribution in [1.29, 1.82) is 0 Å². The average molecular weight is 120 g/mol. The fourth-order valence-corrected chi connectivity index (χ4v) is 2.23. The van der Waals surface area contributed by atoms with E-state index >= 15 is 0 Å². The van der Waals surface area contributed by atoms with Crippen molar-refractivity contribution < 1.29 is 0 Å². The SMILES string of the molecule is C1=CC2CC2CC2CC12. The Kier molecular flexibility index (Phi) is 0.633. The van der Waals surface area contributed by atoms with Gasteiger partial charge in [-0.15, -0.1) is 0 Å². The smallest absolute Gasteiger partial charge is 0.0202 e. The molecule has 0 radical (unpaired) electrons. The van der Waals surface area contributed by atoms with Crippen molar-refractivity contribution >= 4 is 0 Å². The highest BCUT2D eigenvalue weighted by molar-refractivity contribution is 5.14. The quantitative estimate of drug-likeness (QED) is 0.430. The molecule has 0 nitrogen and oxygen atoms in total. The number of fused-ring (bicyclic) bond motifs is 2. The lowest BCUT2D eigenvalue weighted by Crippen LogP contribution is -1.80. The van der Waals surface area contributed by atoms with Gasteiger partial charge >= 0.3 is 0 Å². The fourth-order valence-electron chi connectivity index (χ4n) is 2.23. The third-order valence-electron chi connectivity index (χ3n) is 3.17. The van der Waals surface area contributed by atoms with Gasteiger partial charge in [0.2, 0.25) is 0 Å². The summed E-state index contributed by atoms with van der Waals surface area (Å²) in [7, 11) is 0. The van der Waals surface area contributed by atoms with Crippen LogP contribution in [-0.4, -0.2) is 0 Å². The van der Waals surface area contributed by atoms with Gasteiger partial charge in [0, 0.05) is 0 Å². The van der Waals surface area contributed by atoms with E-state index < -0.39 is 0 Å².